The molecule has 0 saturated heterocycles. The number of hydrogen-bond donors (Lipinski definition) is 3. The van der Waals surface area contributed by atoms with Crippen LogP contribution in [0.4, 0.5) is 11.5 Å². The van der Waals surface area contributed by atoms with Crippen molar-refractivity contribution in [2.45, 2.75) is 13.8 Å². The summed E-state index contributed by atoms with van der Waals surface area (Å²) >= 11 is 1.30. The summed E-state index contributed by atoms with van der Waals surface area (Å²) < 4.78 is 0. The minimum Gasteiger partial charge on any atom is -0.321 e. The number of carbonyl (C=O) groups excluding carboxylic acids is 2. The number of para-hydroxylation sites is 1. The third-order valence-corrected chi connectivity index (χ3v) is 5.53. The molecule has 0 atom stereocenters. The third kappa shape index (κ3) is 3.39. The molecule has 0 radical (unpaired) electrons. The summed E-state index contributed by atoms with van der Waals surface area (Å²) in [5.74, 6) is -0.0156. The maximum Gasteiger partial charge on any atom is 0.265 e. The van der Waals surface area contributed by atoms with Gasteiger partial charge in [0.2, 0.25) is 0 Å². The zero-order valence-electron chi connectivity index (χ0n) is 15.4. The average Bonchev–Trinajstić information content (AvgIpc) is 3.26. The van der Waals surface area contributed by atoms with Gasteiger partial charge < -0.3 is 10.6 Å². The third-order valence-electron chi connectivity index (χ3n) is 4.50. The van der Waals surface area contributed by atoms with Gasteiger partial charge in [0.15, 0.2) is 5.82 Å². The number of aromatic nitrogens is 2. The molecule has 4 aromatic rings. The van der Waals surface area contributed by atoms with Crippen LogP contribution in [0.25, 0.3) is 10.2 Å². The fraction of sp³-hybridized carbons (Fsp3) is 0.0952. The molecule has 2 amide bonds. The maximum atomic E-state index is 12.6. The number of H-pyrrole nitrogens is 1. The van der Waals surface area contributed by atoms with Crippen LogP contribution in [-0.4, -0.2) is 22.0 Å². The fourth-order valence-corrected chi connectivity index (χ4v) is 3.82. The first-order valence-electron chi connectivity index (χ1n) is 8.75. The van der Waals surface area contributed by atoms with Gasteiger partial charge in [0.1, 0.15) is 4.83 Å². The average molecular weight is 390 g/mol. The van der Waals surface area contributed by atoms with E-state index in [-0.39, 0.29) is 11.8 Å². The summed E-state index contributed by atoms with van der Waals surface area (Å²) in [7, 11) is 0. The number of anilines is 2. The molecule has 7 heteroatoms. The molecule has 0 bridgehead atoms. The molecule has 0 spiro atoms. The topological polar surface area (TPSA) is 86.9 Å². The van der Waals surface area contributed by atoms with Gasteiger partial charge in [-0.05, 0) is 43.2 Å². The number of benzene rings is 2. The molecule has 0 aliphatic carbocycles. The normalized spacial score (nSPS) is 10.8. The minimum absolute atomic E-state index is 0.194. The SMILES string of the molecule is Cc1ccccc1NC(=O)c1cc2c(NC(=O)c3ccccc3C)n[nH]c2s1. The number of thiophene rings is 1. The smallest absolute Gasteiger partial charge is 0.265 e. The molecular weight excluding hydrogens is 372 g/mol. The van der Waals surface area contributed by atoms with E-state index in [1.807, 2.05) is 56.3 Å². The highest BCUT2D eigenvalue weighted by Crippen LogP contribution is 2.30. The van der Waals surface area contributed by atoms with E-state index in [1.54, 1.807) is 12.1 Å². The van der Waals surface area contributed by atoms with Gasteiger partial charge in [-0.2, -0.15) is 5.10 Å². The Kier molecular flexibility index (Phi) is 4.67. The number of aromatic amines is 1. The lowest BCUT2D eigenvalue weighted by Gasteiger charge is -2.06. The summed E-state index contributed by atoms with van der Waals surface area (Å²) in [6, 6.07) is 16.7. The molecule has 0 unspecified atom stereocenters. The Morgan fingerprint density at radius 2 is 1.64 bits per heavy atom. The van der Waals surface area contributed by atoms with Gasteiger partial charge in [-0.3, -0.25) is 14.7 Å². The van der Waals surface area contributed by atoms with E-state index in [2.05, 4.69) is 20.8 Å². The van der Waals surface area contributed by atoms with E-state index in [4.69, 9.17) is 0 Å². The Morgan fingerprint density at radius 3 is 2.39 bits per heavy atom. The number of nitrogens with zero attached hydrogens (tertiary/aromatic N) is 1. The number of fused-ring (bicyclic) bond motifs is 1. The van der Waals surface area contributed by atoms with Crippen LogP contribution in [0.5, 0.6) is 0 Å². The first-order valence-corrected chi connectivity index (χ1v) is 9.56. The number of amides is 2. The van der Waals surface area contributed by atoms with Crippen molar-refractivity contribution in [2.75, 3.05) is 10.6 Å². The lowest BCUT2D eigenvalue weighted by atomic mass is 10.1. The standard InChI is InChI=1S/C21H18N4O2S/c1-12-7-3-5-9-14(12)19(26)23-18-15-11-17(28-21(15)25-24-18)20(27)22-16-10-6-4-8-13(16)2/h3-11H,1-2H3,(H,22,27)(H2,23,24,25,26). The number of aryl methyl sites for hydroxylation is 2. The highest BCUT2D eigenvalue weighted by Gasteiger charge is 2.18. The van der Waals surface area contributed by atoms with Crippen LogP contribution in [-0.2, 0) is 0 Å². The van der Waals surface area contributed by atoms with Crippen LogP contribution in [0.1, 0.15) is 31.2 Å². The van der Waals surface area contributed by atoms with Gasteiger partial charge in [0.05, 0.1) is 10.3 Å². The minimum atomic E-state index is -0.233. The second-order valence-electron chi connectivity index (χ2n) is 6.46. The summed E-state index contributed by atoms with van der Waals surface area (Å²) in [5.41, 5.74) is 3.24. The van der Waals surface area contributed by atoms with Gasteiger partial charge in [0, 0.05) is 11.3 Å². The predicted molar refractivity (Wildman–Crippen MR) is 112 cm³/mol. The zero-order valence-corrected chi connectivity index (χ0v) is 16.2. The van der Waals surface area contributed by atoms with Crippen molar-refractivity contribution in [3.8, 4) is 0 Å². The van der Waals surface area contributed by atoms with Crippen molar-refractivity contribution in [3.63, 3.8) is 0 Å². The van der Waals surface area contributed by atoms with E-state index in [0.717, 1.165) is 21.6 Å². The molecule has 0 aliphatic rings. The molecular formula is C21H18N4O2S. The monoisotopic (exact) mass is 390 g/mol. The van der Waals surface area contributed by atoms with Crippen LogP contribution >= 0.6 is 11.3 Å². The van der Waals surface area contributed by atoms with Crippen LogP contribution in [0.3, 0.4) is 0 Å². The van der Waals surface area contributed by atoms with Crippen LogP contribution in [0.15, 0.2) is 54.6 Å². The van der Waals surface area contributed by atoms with Crippen molar-refractivity contribution >= 4 is 44.9 Å². The summed E-state index contributed by atoms with van der Waals surface area (Å²) in [6.45, 7) is 3.82. The largest absolute Gasteiger partial charge is 0.321 e. The molecule has 4 rings (SSSR count). The van der Waals surface area contributed by atoms with Crippen LogP contribution < -0.4 is 10.6 Å². The highest BCUT2D eigenvalue weighted by atomic mass is 32.1. The van der Waals surface area contributed by atoms with Gasteiger partial charge in [0.25, 0.3) is 11.8 Å². The summed E-state index contributed by atoms with van der Waals surface area (Å²) in [4.78, 5) is 26.4. The first-order chi connectivity index (χ1) is 13.5. The van der Waals surface area contributed by atoms with Crippen molar-refractivity contribution in [3.05, 3.63) is 76.2 Å². The lowest BCUT2D eigenvalue weighted by Crippen LogP contribution is -2.13. The quantitative estimate of drug-likeness (QED) is 0.470. The second-order valence-corrected chi connectivity index (χ2v) is 7.52. The molecule has 6 nitrogen and oxygen atoms in total. The maximum absolute atomic E-state index is 12.6. The van der Waals surface area contributed by atoms with Crippen molar-refractivity contribution in [2.24, 2.45) is 0 Å². The Hall–Kier alpha value is -3.45. The molecule has 140 valence electrons. The Morgan fingerprint density at radius 1 is 0.929 bits per heavy atom. The van der Waals surface area contributed by atoms with E-state index in [9.17, 15) is 9.59 Å². The molecule has 28 heavy (non-hydrogen) atoms. The van der Waals surface area contributed by atoms with E-state index >= 15 is 0 Å². The lowest BCUT2D eigenvalue weighted by molar-refractivity contribution is 0.102. The number of carbonyl (C=O) groups is 2. The highest BCUT2D eigenvalue weighted by molar-refractivity contribution is 7.20. The van der Waals surface area contributed by atoms with Crippen molar-refractivity contribution in [1.29, 1.82) is 0 Å². The van der Waals surface area contributed by atoms with E-state index in [1.165, 1.54) is 11.3 Å². The summed E-state index contributed by atoms with van der Waals surface area (Å²) in [6.07, 6.45) is 0. The molecule has 0 fully saturated rings. The number of rotatable bonds is 4. The Balaban J connectivity index is 1.57. The fourth-order valence-electron chi connectivity index (χ4n) is 2.92. The Labute approximate surface area is 165 Å². The van der Waals surface area contributed by atoms with E-state index < -0.39 is 0 Å². The molecule has 0 aliphatic heterocycles. The second kappa shape index (κ2) is 7.28. The van der Waals surface area contributed by atoms with Gasteiger partial charge in [-0.15, -0.1) is 11.3 Å². The Bertz CT molecular complexity index is 1190. The van der Waals surface area contributed by atoms with Crippen molar-refractivity contribution < 1.29 is 9.59 Å². The first kappa shape index (κ1) is 17.9. The van der Waals surface area contributed by atoms with Crippen molar-refractivity contribution in [1.82, 2.24) is 10.2 Å². The number of nitrogens with one attached hydrogen (secondary N) is 3. The molecule has 0 saturated carbocycles. The summed E-state index contributed by atoms with van der Waals surface area (Å²) in [5, 5.41) is 13.5. The molecule has 2 aromatic carbocycles. The van der Waals surface area contributed by atoms with Gasteiger partial charge in [-0.25, -0.2) is 0 Å². The van der Waals surface area contributed by atoms with Crippen LogP contribution in [0, 0.1) is 13.8 Å². The molecule has 2 heterocycles. The number of hydrogen-bond acceptors (Lipinski definition) is 4. The van der Waals surface area contributed by atoms with Crippen LogP contribution in [0.2, 0.25) is 0 Å². The molecule has 3 N–H and O–H groups in total. The van der Waals surface area contributed by atoms with Gasteiger partial charge >= 0.3 is 0 Å². The van der Waals surface area contributed by atoms with Gasteiger partial charge in [-0.1, -0.05) is 36.4 Å². The predicted octanol–water partition coefficient (Wildman–Crippen LogP) is 4.75. The zero-order chi connectivity index (χ0) is 19.7. The van der Waals surface area contributed by atoms with E-state index in [0.29, 0.717) is 21.6 Å². The molecule has 2 aromatic heterocycles.